The third kappa shape index (κ3) is 53.6. The number of allylic oxidation sites excluding steroid dienone is 5. The molecular weight excluding hydrogens is 807 g/mol. The number of rotatable bonds is 56. The summed E-state index contributed by atoms with van der Waals surface area (Å²) < 4.78 is 0. The zero-order valence-corrected chi connectivity index (χ0v) is 45.0. The Bertz CT molecular complexity index is 1010. The first-order chi connectivity index (χ1) is 32.7. The van der Waals surface area contributed by atoms with Gasteiger partial charge >= 0.3 is 0 Å². The predicted octanol–water partition coefficient (Wildman–Crippen LogP) is 20.0. The van der Waals surface area contributed by atoms with Crippen LogP contribution in [0.5, 0.6) is 0 Å². The monoisotopic (exact) mass is 926 g/mol. The first kappa shape index (κ1) is 64.6. The number of carbonyl (C=O) groups excluding carboxylic acids is 1. The van der Waals surface area contributed by atoms with Crippen LogP contribution in [0.4, 0.5) is 0 Å². The van der Waals surface area contributed by atoms with Gasteiger partial charge in [0.1, 0.15) is 0 Å². The number of amides is 1. The molecule has 0 rings (SSSR count). The van der Waals surface area contributed by atoms with Crippen molar-refractivity contribution in [2.24, 2.45) is 0 Å². The number of hydrogen-bond donors (Lipinski definition) is 3. The molecular formula is C62H119NO3. The van der Waals surface area contributed by atoms with Gasteiger partial charge in [0.2, 0.25) is 5.91 Å². The van der Waals surface area contributed by atoms with Crippen molar-refractivity contribution in [3.8, 4) is 0 Å². The van der Waals surface area contributed by atoms with E-state index < -0.39 is 12.1 Å². The number of aliphatic hydroxyl groups excluding tert-OH is 2. The number of carbonyl (C=O) groups is 1. The minimum Gasteiger partial charge on any atom is -0.394 e. The van der Waals surface area contributed by atoms with Crippen molar-refractivity contribution in [1.29, 1.82) is 0 Å². The largest absolute Gasteiger partial charge is 0.394 e. The maximum atomic E-state index is 12.5. The summed E-state index contributed by atoms with van der Waals surface area (Å²) in [6, 6.07) is -0.644. The molecule has 0 fully saturated rings. The summed E-state index contributed by atoms with van der Waals surface area (Å²) >= 11 is 0. The Labute approximate surface area is 414 Å². The van der Waals surface area contributed by atoms with Crippen molar-refractivity contribution >= 4 is 5.91 Å². The molecule has 0 heterocycles. The van der Waals surface area contributed by atoms with Crippen LogP contribution in [0.2, 0.25) is 0 Å². The van der Waals surface area contributed by atoms with Gasteiger partial charge in [-0.25, -0.2) is 0 Å². The lowest BCUT2D eigenvalue weighted by molar-refractivity contribution is -0.123. The summed E-state index contributed by atoms with van der Waals surface area (Å²) in [6.45, 7) is 4.33. The summed E-state index contributed by atoms with van der Waals surface area (Å²) in [7, 11) is 0. The topological polar surface area (TPSA) is 69.6 Å². The molecule has 0 aliphatic carbocycles. The Balaban J connectivity index is 3.47. The van der Waals surface area contributed by atoms with Gasteiger partial charge in [0.15, 0.2) is 0 Å². The summed E-state index contributed by atoms with van der Waals surface area (Å²) in [5, 5.41) is 23.2. The summed E-state index contributed by atoms with van der Waals surface area (Å²) in [5.41, 5.74) is 0. The van der Waals surface area contributed by atoms with E-state index in [0.717, 1.165) is 38.5 Å². The maximum absolute atomic E-state index is 12.5. The van der Waals surface area contributed by atoms with Gasteiger partial charge in [-0.15, -0.1) is 0 Å². The summed E-state index contributed by atoms with van der Waals surface area (Å²) in [5.74, 6) is -0.0712. The number of nitrogens with one attached hydrogen (secondary N) is 1. The molecule has 4 heteroatoms. The lowest BCUT2D eigenvalue weighted by atomic mass is 10.0. The molecule has 1 amide bonds. The van der Waals surface area contributed by atoms with Gasteiger partial charge in [-0.2, -0.15) is 0 Å². The molecule has 390 valence electrons. The molecule has 0 saturated heterocycles. The fraction of sp³-hybridized carbons (Fsp3) is 0.887. The Kier molecular flexibility index (Phi) is 56.7. The molecule has 0 aliphatic heterocycles. The molecule has 2 unspecified atom stereocenters. The fourth-order valence-electron chi connectivity index (χ4n) is 9.51. The van der Waals surface area contributed by atoms with Crippen LogP contribution in [0.25, 0.3) is 0 Å². The van der Waals surface area contributed by atoms with Crippen LogP contribution in [0.1, 0.15) is 335 Å². The van der Waals surface area contributed by atoms with E-state index in [2.05, 4.69) is 43.5 Å². The predicted molar refractivity (Wildman–Crippen MR) is 295 cm³/mol. The minimum absolute atomic E-state index is 0.0712. The first-order valence-electron chi connectivity index (χ1n) is 30.2. The molecule has 0 bridgehead atoms. The van der Waals surface area contributed by atoms with Gasteiger partial charge in [0.05, 0.1) is 18.8 Å². The molecule has 0 aromatic carbocycles. The molecule has 4 nitrogen and oxygen atoms in total. The lowest BCUT2D eigenvalue weighted by Gasteiger charge is -2.19. The Morgan fingerprint density at radius 2 is 0.591 bits per heavy atom. The van der Waals surface area contributed by atoms with Crippen molar-refractivity contribution in [3.63, 3.8) is 0 Å². The second-order valence-electron chi connectivity index (χ2n) is 20.8. The van der Waals surface area contributed by atoms with Crippen LogP contribution < -0.4 is 5.32 Å². The molecule has 3 N–H and O–H groups in total. The average molecular weight is 927 g/mol. The van der Waals surface area contributed by atoms with Gasteiger partial charge in [-0.1, -0.05) is 320 Å². The van der Waals surface area contributed by atoms with Crippen LogP contribution in [-0.2, 0) is 4.79 Å². The van der Waals surface area contributed by atoms with E-state index in [0.29, 0.717) is 6.42 Å². The highest BCUT2D eigenvalue weighted by Gasteiger charge is 2.18. The van der Waals surface area contributed by atoms with Crippen molar-refractivity contribution in [2.45, 2.75) is 347 Å². The molecule has 0 radical (unpaired) electrons. The van der Waals surface area contributed by atoms with E-state index in [9.17, 15) is 15.0 Å². The molecule has 0 aliphatic rings. The molecule has 0 aromatic heterocycles. The molecule has 0 spiro atoms. The highest BCUT2D eigenvalue weighted by Crippen LogP contribution is 2.18. The van der Waals surface area contributed by atoms with Crippen molar-refractivity contribution < 1.29 is 15.0 Å². The zero-order chi connectivity index (χ0) is 47.7. The van der Waals surface area contributed by atoms with Gasteiger partial charge in [-0.05, 0) is 44.9 Å². The number of hydrogen-bond acceptors (Lipinski definition) is 3. The molecule has 0 aromatic rings. The highest BCUT2D eigenvalue weighted by molar-refractivity contribution is 5.76. The normalized spacial score (nSPS) is 13.0. The third-order valence-corrected chi connectivity index (χ3v) is 14.1. The van der Waals surface area contributed by atoms with Crippen LogP contribution in [0.15, 0.2) is 36.5 Å². The fourth-order valence-corrected chi connectivity index (χ4v) is 9.51. The second kappa shape index (κ2) is 57.9. The SMILES string of the molecule is CCCCCCCCCCCCCC/C=C/CC/C=C/CC/C=C/C(O)C(CO)NC(=O)CCCCCCCCCCCCCCCCCCCCCCCCCCCCCCCCCC. The molecule has 66 heavy (non-hydrogen) atoms. The van der Waals surface area contributed by atoms with Gasteiger partial charge in [0, 0.05) is 6.42 Å². The molecule has 0 saturated carbocycles. The van der Waals surface area contributed by atoms with Gasteiger partial charge in [-0.3, -0.25) is 4.79 Å². The minimum atomic E-state index is -0.869. The van der Waals surface area contributed by atoms with Crippen molar-refractivity contribution in [2.75, 3.05) is 6.61 Å². The number of aliphatic hydroxyl groups is 2. The van der Waals surface area contributed by atoms with Gasteiger partial charge < -0.3 is 15.5 Å². The zero-order valence-electron chi connectivity index (χ0n) is 45.0. The van der Waals surface area contributed by atoms with Crippen LogP contribution in [-0.4, -0.2) is 34.9 Å². The smallest absolute Gasteiger partial charge is 0.220 e. The maximum Gasteiger partial charge on any atom is 0.220 e. The van der Waals surface area contributed by atoms with E-state index in [4.69, 9.17) is 0 Å². The standard InChI is InChI=1S/C62H119NO3/c1-3-5-7-9-11-13-15-17-19-21-23-25-27-28-29-30-31-32-33-34-35-36-38-40-42-44-46-48-50-52-54-56-58-62(66)63-60(59-64)61(65)57-55-53-51-49-47-45-43-41-39-37-26-24-22-20-18-16-14-12-10-8-6-4-2/h39,41,47,49,55,57,60-61,64-65H,3-38,40,42-46,48,50-54,56,58-59H2,1-2H3,(H,63,66)/b41-39+,49-47+,57-55+. The van der Waals surface area contributed by atoms with E-state index in [1.54, 1.807) is 6.08 Å². The summed E-state index contributed by atoms with van der Waals surface area (Å²) in [6.07, 6.45) is 79.1. The van der Waals surface area contributed by atoms with E-state index in [1.165, 1.54) is 276 Å². The quantitative estimate of drug-likeness (QED) is 0.0420. The first-order valence-corrected chi connectivity index (χ1v) is 30.2. The van der Waals surface area contributed by atoms with E-state index in [-0.39, 0.29) is 12.5 Å². The van der Waals surface area contributed by atoms with Crippen molar-refractivity contribution in [3.05, 3.63) is 36.5 Å². The molecule has 2 atom stereocenters. The van der Waals surface area contributed by atoms with E-state index in [1.807, 2.05) is 6.08 Å². The second-order valence-corrected chi connectivity index (χ2v) is 20.8. The Hall–Kier alpha value is -1.39. The average Bonchev–Trinajstić information content (AvgIpc) is 3.32. The van der Waals surface area contributed by atoms with Crippen LogP contribution in [0.3, 0.4) is 0 Å². The van der Waals surface area contributed by atoms with Crippen LogP contribution in [0, 0.1) is 0 Å². The summed E-state index contributed by atoms with van der Waals surface area (Å²) in [4.78, 5) is 12.5. The van der Waals surface area contributed by atoms with Crippen molar-refractivity contribution in [1.82, 2.24) is 5.32 Å². The van der Waals surface area contributed by atoms with Gasteiger partial charge in [0.25, 0.3) is 0 Å². The Morgan fingerprint density at radius 1 is 0.348 bits per heavy atom. The lowest BCUT2D eigenvalue weighted by Crippen LogP contribution is -2.45. The highest BCUT2D eigenvalue weighted by atomic mass is 16.3. The van der Waals surface area contributed by atoms with Crippen LogP contribution >= 0.6 is 0 Å². The van der Waals surface area contributed by atoms with E-state index >= 15 is 0 Å². The Morgan fingerprint density at radius 3 is 0.879 bits per heavy atom. The number of unbranched alkanes of at least 4 members (excludes halogenated alkanes) is 45. The third-order valence-electron chi connectivity index (χ3n) is 14.1.